The summed E-state index contributed by atoms with van der Waals surface area (Å²) in [6.07, 6.45) is 1.90. The fourth-order valence-corrected chi connectivity index (χ4v) is 2.67. The third-order valence-electron chi connectivity index (χ3n) is 3.87. The molecule has 0 amide bonds. The summed E-state index contributed by atoms with van der Waals surface area (Å²) in [6.45, 7) is 4.32. The van der Waals surface area contributed by atoms with Crippen LogP contribution in [0.5, 0.6) is 5.75 Å². The van der Waals surface area contributed by atoms with Gasteiger partial charge in [0.2, 0.25) is 0 Å². The Morgan fingerprint density at radius 1 is 1.17 bits per heavy atom. The van der Waals surface area contributed by atoms with Crippen molar-refractivity contribution in [1.29, 1.82) is 0 Å². The van der Waals surface area contributed by atoms with Crippen LogP contribution in [-0.2, 0) is 4.74 Å². The third kappa shape index (κ3) is 2.68. The molecule has 0 aliphatic rings. The highest BCUT2D eigenvalue weighted by molar-refractivity contribution is 5.37. The molecule has 1 unspecified atom stereocenters. The molecule has 1 N–H and O–H groups in total. The minimum absolute atomic E-state index is 0.119. The van der Waals surface area contributed by atoms with E-state index in [1.807, 2.05) is 25.2 Å². The zero-order valence-corrected chi connectivity index (χ0v) is 12.1. The van der Waals surface area contributed by atoms with Gasteiger partial charge in [-0.3, -0.25) is 0 Å². The van der Waals surface area contributed by atoms with Gasteiger partial charge < -0.3 is 14.8 Å². The van der Waals surface area contributed by atoms with Gasteiger partial charge in [-0.2, -0.15) is 0 Å². The first kappa shape index (κ1) is 15.0. The van der Waals surface area contributed by atoms with Gasteiger partial charge >= 0.3 is 0 Å². The summed E-state index contributed by atoms with van der Waals surface area (Å²) in [6, 6.07) is 8.23. The highest BCUT2D eigenvalue weighted by atomic mass is 16.5. The molecule has 0 heterocycles. The van der Waals surface area contributed by atoms with E-state index in [0.717, 1.165) is 24.2 Å². The molecule has 0 radical (unpaired) electrons. The molecule has 1 atom stereocenters. The lowest BCUT2D eigenvalue weighted by Gasteiger charge is -2.39. The maximum absolute atomic E-state index is 5.83. The molecule has 0 aliphatic heterocycles. The van der Waals surface area contributed by atoms with Crippen LogP contribution in [-0.4, -0.2) is 26.9 Å². The van der Waals surface area contributed by atoms with E-state index < -0.39 is 0 Å². The van der Waals surface area contributed by atoms with Gasteiger partial charge in [0, 0.05) is 12.7 Å². The number of benzene rings is 1. The summed E-state index contributed by atoms with van der Waals surface area (Å²) in [5.41, 5.74) is 0.941. The molecule has 0 saturated carbocycles. The van der Waals surface area contributed by atoms with Crippen LogP contribution in [0.15, 0.2) is 24.3 Å². The Morgan fingerprint density at radius 2 is 1.78 bits per heavy atom. The Kier molecular flexibility index (Phi) is 5.63. The molecule has 1 aromatic rings. The molecule has 3 nitrogen and oxygen atoms in total. The number of hydrogen-bond acceptors (Lipinski definition) is 3. The summed E-state index contributed by atoms with van der Waals surface area (Å²) in [5, 5.41) is 3.38. The Morgan fingerprint density at radius 3 is 2.22 bits per heavy atom. The second kappa shape index (κ2) is 6.76. The fourth-order valence-electron chi connectivity index (χ4n) is 2.67. The minimum atomic E-state index is -0.205. The standard InChI is InChI=1S/C15H25NO2/c1-6-15(7-2,18-5)14(16-3)12-10-8-9-11-13(12)17-4/h8-11,14,16H,6-7H2,1-5H3. The molecule has 1 rings (SSSR count). The van der Waals surface area contributed by atoms with E-state index >= 15 is 0 Å². The molecule has 0 fully saturated rings. The van der Waals surface area contributed by atoms with Crippen LogP contribution >= 0.6 is 0 Å². The van der Waals surface area contributed by atoms with Crippen LogP contribution in [0.25, 0.3) is 0 Å². The highest BCUT2D eigenvalue weighted by Gasteiger charge is 2.37. The predicted molar refractivity (Wildman–Crippen MR) is 75.1 cm³/mol. The van der Waals surface area contributed by atoms with E-state index in [4.69, 9.17) is 9.47 Å². The van der Waals surface area contributed by atoms with Crippen molar-refractivity contribution in [2.24, 2.45) is 0 Å². The molecule has 18 heavy (non-hydrogen) atoms. The van der Waals surface area contributed by atoms with Crippen molar-refractivity contribution < 1.29 is 9.47 Å². The largest absolute Gasteiger partial charge is 0.496 e. The summed E-state index contributed by atoms with van der Waals surface area (Å²) in [4.78, 5) is 0. The van der Waals surface area contributed by atoms with E-state index in [9.17, 15) is 0 Å². The number of rotatable bonds is 7. The molecule has 0 saturated heterocycles. The van der Waals surface area contributed by atoms with E-state index in [0.29, 0.717) is 0 Å². The second-order valence-corrected chi connectivity index (χ2v) is 4.44. The van der Waals surface area contributed by atoms with Gasteiger partial charge in [0.25, 0.3) is 0 Å². The highest BCUT2D eigenvalue weighted by Crippen LogP contribution is 2.38. The van der Waals surface area contributed by atoms with Gasteiger partial charge in [0.05, 0.1) is 18.8 Å². The zero-order valence-electron chi connectivity index (χ0n) is 12.1. The maximum atomic E-state index is 5.83. The molecule has 102 valence electrons. The molecule has 0 spiro atoms. The number of hydrogen-bond donors (Lipinski definition) is 1. The van der Waals surface area contributed by atoms with Crippen molar-refractivity contribution >= 4 is 0 Å². The van der Waals surface area contributed by atoms with Gasteiger partial charge in [-0.25, -0.2) is 0 Å². The summed E-state index contributed by atoms with van der Waals surface area (Å²) < 4.78 is 11.3. The zero-order chi connectivity index (χ0) is 13.6. The van der Waals surface area contributed by atoms with Crippen molar-refractivity contribution in [2.45, 2.75) is 38.3 Å². The lowest BCUT2D eigenvalue weighted by molar-refractivity contribution is -0.0472. The SMILES string of the molecule is CCC(CC)(OC)C(NC)c1ccccc1OC. The van der Waals surface area contributed by atoms with Crippen LogP contribution in [0, 0.1) is 0 Å². The monoisotopic (exact) mass is 251 g/mol. The summed E-state index contributed by atoms with van der Waals surface area (Å²) in [5.74, 6) is 0.903. The average molecular weight is 251 g/mol. The van der Waals surface area contributed by atoms with Gasteiger partial charge in [-0.15, -0.1) is 0 Å². The first-order chi connectivity index (χ1) is 8.68. The van der Waals surface area contributed by atoms with Crippen molar-refractivity contribution in [3.63, 3.8) is 0 Å². The Bertz CT molecular complexity index is 353. The summed E-state index contributed by atoms with van der Waals surface area (Å²) in [7, 11) is 5.46. The smallest absolute Gasteiger partial charge is 0.123 e. The molecular formula is C15H25NO2. The second-order valence-electron chi connectivity index (χ2n) is 4.44. The van der Waals surface area contributed by atoms with E-state index in [1.54, 1.807) is 14.2 Å². The maximum Gasteiger partial charge on any atom is 0.123 e. The Labute approximate surface area is 110 Å². The molecule has 3 heteroatoms. The lowest BCUT2D eigenvalue weighted by atomic mass is 9.83. The van der Waals surface area contributed by atoms with Crippen LogP contribution in [0.1, 0.15) is 38.3 Å². The van der Waals surface area contributed by atoms with Crippen molar-refractivity contribution in [3.05, 3.63) is 29.8 Å². The molecule has 0 aromatic heterocycles. The Balaban J connectivity index is 3.23. The van der Waals surface area contributed by atoms with Crippen LogP contribution < -0.4 is 10.1 Å². The number of nitrogens with one attached hydrogen (secondary N) is 1. The van der Waals surface area contributed by atoms with E-state index in [-0.39, 0.29) is 11.6 Å². The number of ether oxygens (including phenoxy) is 2. The first-order valence-corrected chi connectivity index (χ1v) is 6.54. The van der Waals surface area contributed by atoms with Gasteiger partial charge in [-0.1, -0.05) is 32.0 Å². The van der Waals surface area contributed by atoms with E-state index in [2.05, 4.69) is 25.2 Å². The lowest BCUT2D eigenvalue weighted by Crippen LogP contribution is -2.43. The third-order valence-corrected chi connectivity index (χ3v) is 3.87. The van der Waals surface area contributed by atoms with E-state index in [1.165, 1.54) is 0 Å². The molecular weight excluding hydrogens is 226 g/mol. The molecule has 0 bridgehead atoms. The molecule has 1 aromatic carbocycles. The average Bonchev–Trinajstić information content (AvgIpc) is 2.45. The predicted octanol–water partition coefficient (Wildman–Crippen LogP) is 3.16. The van der Waals surface area contributed by atoms with Gasteiger partial charge in [-0.05, 0) is 26.0 Å². The normalized spacial score (nSPS) is 13.4. The van der Waals surface area contributed by atoms with Crippen molar-refractivity contribution in [2.75, 3.05) is 21.3 Å². The topological polar surface area (TPSA) is 30.5 Å². The van der Waals surface area contributed by atoms with Crippen molar-refractivity contribution in [3.8, 4) is 5.75 Å². The van der Waals surface area contributed by atoms with Gasteiger partial charge in [0.15, 0.2) is 0 Å². The minimum Gasteiger partial charge on any atom is -0.496 e. The number of para-hydroxylation sites is 1. The quantitative estimate of drug-likeness (QED) is 0.807. The number of likely N-dealkylation sites (N-methyl/N-ethyl adjacent to an activating group) is 1. The first-order valence-electron chi connectivity index (χ1n) is 6.54. The summed E-state index contributed by atoms with van der Waals surface area (Å²) >= 11 is 0. The number of methoxy groups -OCH3 is 2. The van der Waals surface area contributed by atoms with Crippen LogP contribution in [0.2, 0.25) is 0 Å². The Hall–Kier alpha value is -1.06. The van der Waals surface area contributed by atoms with Crippen LogP contribution in [0.3, 0.4) is 0 Å². The fraction of sp³-hybridized carbons (Fsp3) is 0.600. The van der Waals surface area contributed by atoms with Crippen molar-refractivity contribution in [1.82, 2.24) is 5.32 Å². The van der Waals surface area contributed by atoms with Crippen LogP contribution in [0.4, 0.5) is 0 Å². The van der Waals surface area contributed by atoms with Gasteiger partial charge in [0.1, 0.15) is 5.75 Å². The molecule has 0 aliphatic carbocycles.